The molecule has 7 rings (SSSR count). The quantitative estimate of drug-likeness (QED) is 0.193. The average Bonchev–Trinajstić information content (AvgIpc) is 3.64. The van der Waals surface area contributed by atoms with Crippen molar-refractivity contribution in [2.45, 2.75) is 32.2 Å². The Balaban J connectivity index is 1.05. The van der Waals surface area contributed by atoms with E-state index >= 15 is 0 Å². The molecule has 2 aliphatic rings. The number of fused-ring (bicyclic) bond motifs is 2. The van der Waals surface area contributed by atoms with E-state index in [2.05, 4.69) is 26.5 Å². The van der Waals surface area contributed by atoms with Crippen LogP contribution in [0.3, 0.4) is 0 Å². The molecule has 0 N–H and O–H groups in total. The number of halogens is 1. The Morgan fingerprint density at radius 3 is 2.70 bits per heavy atom. The number of anilines is 1. The van der Waals surface area contributed by atoms with Crippen LogP contribution in [0.2, 0.25) is 5.02 Å². The van der Waals surface area contributed by atoms with Gasteiger partial charge in [0, 0.05) is 43.7 Å². The molecule has 2 aliphatic heterocycles. The molecule has 0 saturated carbocycles. The fourth-order valence-corrected chi connectivity index (χ4v) is 6.13. The topological polar surface area (TPSA) is 82.2 Å². The third-order valence-corrected chi connectivity index (χ3v) is 8.73. The minimum atomic E-state index is -0.348. The summed E-state index contributed by atoms with van der Waals surface area (Å²) in [6, 6.07) is 19.5. The zero-order valence-electron chi connectivity index (χ0n) is 24.0. The monoisotopic (exact) mass is 600 g/mol. The van der Waals surface area contributed by atoms with Crippen LogP contribution in [0.1, 0.15) is 28.2 Å². The highest BCUT2D eigenvalue weighted by Gasteiger charge is 2.25. The number of methoxy groups -OCH3 is 1. The highest BCUT2D eigenvalue weighted by molar-refractivity contribution is 6.35. The van der Waals surface area contributed by atoms with Gasteiger partial charge >= 0.3 is 5.97 Å². The smallest absolute Gasteiger partial charge is 0.337 e. The van der Waals surface area contributed by atoms with E-state index in [9.17, 15) is 4.79 Å². The molecule has 0 unspecified atom stereocenters. The van der Waals surface area contributed by atoms with Gasteiger partial charge in [-0.2, -0.15) is 0 Å². The molecule has 0 aliphatic carbocycles. The van der Waals surface area contributed by atoms with Gasteiger partial charge in [-0.05, 0) is 48.9 Å². The number of benzene rings is 3. The molecule has 222 valence electrons. The first-order valence-electron chi connectivity index (χ1n) is 14.6. The molecular weight excluding hydrogens is 568 g/mol. The van der Waals surface area contributed by atoms with E-state index in [0.29, 0.717) is 17.2 Å². The summed E-state index contributed by atoms with van der Waals surface area (Å²) in [5, 5.41) is 1.56. The van der Waals surface area contributed by atoms with Crippen LogP contribution in [0.4, 0.5) is 5.69 Å². The number of carbonyl (C=O) groups is 1. The fourth-order valence-electron chi connectivity index (χ4n) is 5.92. The van der Waals surface area contributed by atoms with Crippen molar-refractivity contribution in [3.63, 3.8) is 0 Å². The number of carbonyl (C=O) groups excluding carboxylic acids is 1. The fraction of sp³-hybridized carbons (Fsp3) is 0.333. The van der Waals surface area contributed by atoms with Crippen molar-refractivity contribution in [1.29, 1.82) is 0 Å². The highest BCUT2D eigenvalue weighted by Crippen LogP contribution is 2.32. The maximum atomic E-state index is 12.2. The van der Waals surface area contributed by atoms with E-state index in [-0.39, 0.29) is 12.1 Å². The number of nitrogens with zero attached hydrogens (tertiary/aromatic N) is 4. The number of hydrogen-bond donors (Lipinski definition) is 0. The van der Waals surface area contributed by atoms with Crippen LogP contribution in [-0.4, -0.2) is 66.4 Å². The summed E-state index contributed by atoms with van der Waals surface area (Å²) in [6.45, 7) is 6.11. The molecule has 0 radical (unpaired) electrons. The summed E-state index contributed by atoms with van der Waals surface area (Å²) >= 11 is 6.32. The third kappa shape index (κ3) is 5.56. The van der Waals surface area contributed by atoms with Gasteiger partial charge in [-0.3, -0.25) is 4.90 Å². The van der Waals surface area contributed by atoms with Crippen molar-refractivity contribution in [3.05, 3.63) is 88.9 Å². The molecule has 2 fully saturated rings. The zero-order chi connectivity index (χ0) is 29.3. The molecule has 43 heavy (non-hydrogen) atoms. The summed E-state index contributed by atoms with van der Waals surface area (Å²) in [4.78, 5) is 22.0. The van der Waals surface area contributed by atoms with E-state index in [1.165, 1.54) is 7.11 Å². The van der Waals surface area contributed by atoms with Crippen LogP contribution in [0.15, 0.2) is 71.3 Å². The molecule has 5 aromatic rings. The Kier molecular flexibility index (Phi) is 7.69. The number of ether oxygens (including phenoxy) is 3. The Bertz CT molecular complexity index is 1770. The number of hydrogen-bond acceptors (Lipinski definition) is 8. The number of furan rings is 1. The van der Waals surface area contributed by atoms with Crippen LogP contribution in [0.5, 0.6) is 5.75 Å². The van der Waals surface area contributed by atoms with Crippen LogP contribution in [0, 0.1) is 0 Å². The third-order valence-electron chi connectivity index (χ3n) is 8.40. The largest absolute Gasteiger partial charge is 0.487 e. The Morgan fingerprint density at radius 1 is 1.07 bits per heavy atom. The van der Waals surface area contributed by atoms with Gasteiger partial charge < -0.3 is 28.1 Å². The predicted molar refractivity (Wildman–Crippen MR) is 165 cm³/mol. The molecule has 0 amide bonds. The molecule has 10 heteroatoms. The Hall–Kier alpha value is -4.05. The van der Waals surface area contributed by atoms with Crippen molar-refractivity contribution in [2.24, 2.45) is 0 Å². The minimum absolute atomic E-state index is 0.169. The molecule has 4 heterocycles. The maximum Gasteiger partial charge on any atom is 0.337 e. The number of rotatable bonds is 9. The summed E-state index contributed by atoms with van der Waals surface area (Å²) in [7, 11) is 1.40. The van der Waals surface area contributed by atoms with Crippen molar-refractivity contribution in [3.8, 4) is 5.75 Å². The second kappa shape index (κ2) is 11.9. The normalized spacial score (nSPS) is 17.3. The summed E-state index contributed by atoms with van der Waals surface area (Å²) in [5.74, 6) is 1.48. The van der Waals surface area contributed by atoms with E-state index in [1.807, 2.05) is 42.5 Å². The van der Waals surface area contributed by atoms with Crippen LogP contribution < -0.4 is 9.64 Å². The van der Waals surface area contributed by atoms with Gasteiger partial charge in [0.15, 0.2) is 0 Å². The Morgan fingerprint density at radius 2 is 1.91 bits per heavy atom. The average molecular weight is 601 g/mol. The van der Waals surface area contributed by atoms with E-state index < -0.39 is 0 Å². The minimum Gasteiger partial charge on any atom is -0.487 e. The lowest BCUT2D eigenvalue weighted by Gasteiger charge is -2.36. The van der Waals surface area contributed by atoms with E-state index in [4.69, 9.17) is 35.2 Å². The SMILES string of the molecule is COC(=O)c1ccc2nc(CN3CCN(c4ccccc4OCc4ccc(Cl)c5ccoc45)CC3)n(C[C@@H]3CCO3)c2c1. The molecule has 2 saturated heterocycles. The summed E-state index contributed by atoms with van der Waals surface area (Å²) in [5.41, 5.74) is 5.13. The van der Waals surface area contributed by atoms with Gasteiger partial charge in [0.2, 0.25) is 0 Å². The van der Waals surface area contributed by atoms with Crippen molar-refractivity contribution in [2.75, 3.05) is 44.8 Å². The highest BCUT2D eigenvalue weighted by atomic mass is 35.5. The first kappa shape index (κ1) is 27.8. The van der Waals surface area contributed by atoms with Gasteiger partial charge in [-0.1, -0.05) is 29.8 Å². The first-order chi connectivity index (χ1) is 21.1. The number of para-hydroxylation sites is 2. The molecule has 0 spiro atoms. The molecule has 3 aromatic carbocycles. The molecule has 2 aromatic heterocycles. The Labute approximate surface area is 254 Å². The zero-order valence-corrected chi connectivity index (χ0v) is 24.8. The number of aromatic nitrogens is 2. The molecular formula is C33H33ClN4O5. The number of imidazole rings is 1. The standard InChI is InChI=1S/C33H33ClN4O5/c1-40-33(39)22-7-9-27-29(18-22)38(19-24-10-16-41-24)31(35-27)20-36-12-14-37(15-13-36)28-4-2-3-5-30(28)43-21-23-6-8-26(34)25-11-17-42-32(23)25/h2-9,11,17-18,24H,10,12-16,19-21H2,1H3/t24-/m0/s1. The summed E-state index contributed by atoms with van der Waals surface area (Å²) in [6.07, 6.45) is 2.85. The van der Waals surface area contributed by atoms with Crippen LogP contribution in [-0.2, 0) is 29.2 Å². The van der Waals surface area contributed by atoms with Crippen LogP contribution in [0.25, 0.3) is 22.0 Å². The maximum absolute atomic E-state index is 12.2. The number of piperazine rings is 1. The van der Waals surface area contributed by atoms with Gasteiger partial charge in [0.1, 0.15) is 23.8 Å². The van der Waals surface area contributed by atoms with Gasteiger partial charge in [0.05, 0.1) is 59.9 Å². The van der Waals surface area contributed by atoms with E-state index in [1.54, 1.807) is 12.3 Å². The van der Waals surface area contributed by atoms with Gasteiger partial charge in [-0.15, -0.1) is 0 Å². The number of esters is 1. The summed E-state index contributed by atoms with van der Waals surface area (Å²) < 4.78 is 25.0. The first-order valence-corrected chi connectivity index (χ1v) is 15.0. The van der Waals surface area contributed by atoms with Crippen molar-refractivity contribution in [1.82, 2.24) is 14.5 Å². The lowest BCUT2D eigenvalue weighted by atomic mass is 10.1. The van der Waals surface area contributed by atoms with Crippen molar-refractivity contribution < 1.29 is 23.4 Å². The molecule has 9 nitrogen and oxygen atoms in total. The van der Waals surface area contributed by atoms with Gasteiger partial charge in [-0.25, -0.2) is 9.78 Å². The van der Waals surface area contributed by atoms with E-state index in [0.717, 1.165) is 97.1 Å². The van der Waals surface area contributed by atoms with Gasteiger partial charge in [0.25, 0.3) is 0 Å². The molecule has 0 bridgehead atoms. The molecule has 1 atom stereocenters. The second-order valence-electron chi connectivity index (χ2n) is 11.0. The predicted octanol–water partition coefficient (Wildman–Crippen LogP) is 5.91. The second-order valence-corrected chi connectivity index (χ2v) is 11.4. The lowest BCUT2D eigenvalue weighted by Crippen LogP contribution is -2.46. The van der Waals surface area contributed by atoms with Crippen molar-refractivity contribution >= 4 is 45.3 Å². The lowest BCUT2D eigenvalue weighted by molar-refractivity contribution is -0.0592. The van der Waals surface area contributed by atoms with Crippen LogP contribution >= 0.6 is 11.6 Å².